The fraction of sp³-hybridized carbons (Fsp3) is 0.250. The zero-order valence-electron chi connectivity index (χ0n) is 7.81. The Morgan fingerprint density at radius 2 is 1.92 bits per heavy atom. The smallest absolute Gasteiger partial charge is 0.127 e. The average molecular weight is 174 g/mol. The second-order valence-electron chi connectivity index (χ2n) is 3.15. The molecule has 1 heteroatoms. The molecule has 1 aromatic rings. The standard InChI is InChI=1S/C12H14O/c1-3-11(9-13)10(2)12-7-5-4-6-8-12/h3-11H,1H2,2H3. The molecule has 0 aliphatic heterocycles. The van der Waals surface area contributed by atoms with Crippen molar-refractivity contribution >= 4 is 6.29 Å². The van der Waals surface area contributed by atoms with Gasteiger partial charge in [0.05, 0.1) is 0 Å². The van der Waals surface area contributed by atoms with Crippen molar-refractivity contribution in [2.24, 2.45) is 5.92 Å². The highest BCUT2D eigenvalue weighted by Gasteiger charge is 2.13. The van der Waals surface area contributed by atoms with Gasteiger partial charge in [-0.05, 0) is 11.5 Å². The van der Waals surface area contributed by atoms with Gasteiger partial charge in [-0.15, -0.1) is 6.58 Å². The molecule has 0 N–H and O–H groups in total. The first kappa shape index (κ1) is 9.72. The van der Waals surface area contributed by atoms with Crippen molar-refractivity contribution in [3.05, 3.63) is 48.6 Å². The van der Waals surface area contributed by atoms with E-state index in [1.54, 1.807) is 6.08 Å². The maximum absolute atomic E-state index is 10.7. The molecule has 68 valence electrons. The summed E-state index contributed by atoms with van der Waals surface area (Å²) in [6, 6.07) is 10.0. The number of hydrogen-bond donors (Lipinski definition) is 0. The molecule has 0 saturated carbocycles. The van der Waals surface area contributed by atoms with Gasteiger partial charge < -0.3 is 4.79 Å². The summed E-state index contributed by atoms with van der Waals surface area (Å²) in [4.78, 5) is 10.7. The van der Waals surface area contributed by atoms with Crippen LogP contribution >= 0.6 is 0 Å². The largest absolute Gasteiger partial charge is 0.303 e. The Hall–Kier alpha value is -1.37. The molecule has 0 radical (unpaired) electrons. The molecule has 1 rings (SSSR count). The number of benzene rings is 1. The van der Waals surface area contributed by atoms with E-state index in [-0.39, 0.29) is 11.8 Å². The molecule has 1 aromatic carbocycles. The van der Waals surface area contributed by atoms with Gasteiger partial charge in [-0.1, -0.05) is 43.3 Å². The Morgan fingerprint density at radius 3 is 2.38 bits per heavy atom. The minimum absolute atomic E-state index is 0.0811. The van der Waals surface area contributed by atoms with Crippen LogP contribution in [0.15, 0.2) is 43.0 Å². The Morgan fingerprint density at radius 1 is 1.31 bits per heavy atom. The number of hydrogen-bond acceptors (Lipinski definition) is 1. The predicted octanol–water partition coefficient (Wildman–Crippen LogP) is 2.79. The lowest BCUT2D eigenvalue weighted by Gasteiger charge is -2.14. The molecule has 0 heterocycles. The van der Waals surface area contributed by atoms with Gasteiger partial charge in [-0.3, -0.25) is 0 Å². The van der Waals surface area contributed by atoms with E-state index in [2.05, 4.69) is 6.58 Å². The summed E-state index contributed by atoms with van der Waals surface area (Å²) in [5, 5.41) is 0. The predicted molar refractivity (Wildman–Crippen MR) is 54.6 cm³/mol. The van der Waals surface area contributed by atoms with E-state index in [1.807, 2.05) is 37.3 Å². The number of carbonyl (C=O) groups excluding carboxylic acids is 1. The van der Waals surface area contributed by atoms with Crippen LogP contribution in [0.3, 0.4) is 0 Å². The topological polar surface area (TPSA) is 17.1 Å². The molecular weight excluding hydrogens is 160 g/mol. The van der Waals surface area contributed by atoms with E-state index >= 15 is 0 Å². The fourth-order valence-corrected chi connectivity index (χ4v) is 1.36. The summed E-state index contributed by atoms with van der Waals surface area (Å²) in [6.07, 6.45) is 2.65. The Labute approximate surface area is 79.1 Å². The highest BCUT2D eigenvalue weighted by molar-refractivity contribution is 5.58. The molecule has 1 nitrogen and oxygen atoms in total. The number of carbonyl (C=O) groups is 1. The van der Waals surface area contributed by atoms with Gasteiger partial charge in [0.2, 0.25) is 0 Å². The van der Waals surface area contributed by atoms with Crippen molar-refractivity contribution in [3.63, 3.8) is 0 Å². The van der Waals surface area contributed by atoms with E-state index in [1.165, 1.54) is 5.56 Å². The van der Waals surface area contributed by atoms with Crippen LogP contribution in [-0.4, -0.2) is 6.29 Å². The summed E-state index contributed by atoms with van der Waals surface area (Å²) < 4.78 is 0. The lowest BCUT2D eigenvalue weighted by atomic mass is 9.89. The van der Waals surface area contributed by atoms with Gasteiger partial charge in [0.15, 0.2) is 0 Å². The molecule has 0 aromatic heterocycles. The fourth-order valence-electron chi connectivity index (χ4n) is 1.36. The van der Waals surface area contributed by atoms with E-state index in [0.717, 1.165) is 6.29 Å². The molecule has 0 spiro atoms. The van der Waals surface area contributed by atoms with Crippen LogP contribution < -0.4 is 0 Å². The molecule has 13 heavy (non-hydrogen) atoms. The van der Waals surface area contributed by atoms with Crippen LogP contribution in [0.4, 0.5) is 0 Å². The summed E-state index contributed by atoms with van der Waals surface area (Å²) in [5.74, 6) is 0.138. The van der Waals surface area contributed by atoms with Gasteiger partial charge in [0.1, 0.15) is 6.29 Å². The minimum Gasteiger partial charge on any atom is -0.303 e. The summed E-state index contributed by atoms with van der Waals surface area (Å²) in [6.45, 7) is 5.68. The van der Waals surface area contributed by atoms with Crippen LogP contribution in [0, 0.1) is 5.92 Å². The molecule has 2 atom stereocenters. The molecule has 0 saturated heterocycles. The SMILES string of the molecule is C=CC(C=O)C(C)c1ccccc1. The third kappa shape index (κ3) is 2.28. The van der Waals surface area contributed by atoms with Crippen molar-refractivity contribution in [2.75, 3.05) is 0 Å². The van der Waals surface area contributed by atoms with Gasteiger partial charge in [-0.2, -0.15) is 0 Å². The summed E-state index contributed by atoms with van der Waals surface area (Å²) in [7, 11) is 0. The van der Waals surface area contributed by atoms with Crippen LogP contribution in [0.25, 0.3) is 0 Å². The second kappa shape index (κ2) is 4.61. The van der Waals surface area contributed by atoms with E-state index < -0.39 is 0 Å². The van der Waals surface area contributed by atoms with Gasteiger partial charge in [-0.25, -0.2) is 0 Å². The highest BCUT2D eigenvalue weighted by atomic mass is 16.1. The number of allylic oxidation sites excluding steroid dienone is 1. The maximum Gasteiger partial charge on any atom is 0.127 e. The molecule has 0 amide bonds. The second-order valence-corrected chi connectivity index (χ2v) is 3.15. The van der Waals surface area contributed by atoms with Crippen molar-refractivity contribution in [2.45, 2.75) is 12.8 Å². The first-order chi connectivity index (χ1) is 6.29. The van der Waals surface area contributed by atoms with E-state index in [9.17, 15) is 4.79 Å². The van der Waals surface area contributed by atoms with Crippen molar-refractivity contribution in [3.8, 4) is 0 Å². The Kier molecular flexibility index (Phi) is 3.44. The quantitative estimate of drug-likeness (QED) is 0.506. The van der Waals surface area contributed by atoms with Crippen LogP contribution in [0.2, 0.25) is 0 Å². The van der Waals surface area contributed by atoms with Gasteiger partial charge in [0.25, 0.3) is 0 Å². The van der Waals surface area contributed by atoms with Crippen molar-refractivity contribution in [1.82, 2.24) is 0 Å². The Balaban J connectivity index is 2.83. The lowest BCUT2D eigenvalue weighted by Crippen LogP contribution is -2.08. The van der Waals surface area contributed by atoms with Crippen molar-refractivity contribution < 1.29 is 4.79 Å². The number of rotatable bonds is 4. The van der Waals surface area contributed by atoms with Crippen LogP contribution in [-0.2, 0) is 4.79 Å². The van der Waals surface area contributed by atoms with Crippen LogP contribution in [0.1, 0.15) is 18.4 Å². The van der Waals surface area contributed by atoms with Gasteiger partial charge >= 0.3 is 0 Å². The molecule has 0 aliphatic carbocycles. The first-order valence-electron chi connectivity index (χ1n) is 4.42. The first-order valence-corrected chi connectivity index (χ1v) is 4.42. The minimum atomic E-state index is -0.0811. The maximum atomic E-state index is 10.7. The van der Waals surface area contributed by atoms with Crippen molar-refractivity contribution in [1.29, 1.82) is 0 Å². The third-order valence-corrected chi connectivity index (χ3v) is 2.33. The third-order valence-electron chi connectivity index (χ3n) is 2.33. The molecule has 0 aliphatic rings. The molecule has 0 bridgehead atoms. The Bertz CT molecular complexity index is 268. The normalized spacial score (nSPS) is 14.5. The van der Waals surface area contributed by atoms with E-state index in [4.69, 9.17) is 0 Å². The van der Waals surface area contributed by atoms with E-state index in [0.29, 0.717) is 0 Å². The summed E-state index contributed by atoms with van der Waals surface area (Å²) >= 11 is 0. The zero-order chi connectivity index (χ0) is 9.68. The summed E-state index contributed by atoms with van der Waals surface area (Å²) in [5.41, 5.74) is 1.18. The molecule has 2 unspecified atom stereocenters. The average Bonchev–Trinajstić information content (AvgIpc) is 2.21. The van der Waals surface area contributed by atoms with Gasteiger partial charge in [0, 0.05) is 5.92 Å². The van der Waals surface area contributed by atoms with Crippen LogP contribution in [0.5, 0.6) is 0 Å². The zero-order valence-corrected chi connectivity index (χ0v) is 7.81. The lowest BCUT2D eigenvalue weighted by molar-refractivity contribution is -0.110. The number of aldehydes is 1. The monoisotopic (exact) mass is 174 g/mol. The molecule has 0 fully saturated rings. The molecular formula is C12H14O. The highest BCUT2D eigenvalue weighted by Crippen LogP contribution is 2.22.